The van der Waals surface area contributed by atoms with Gasteiger partial charge in [-0.15, -0.1) is 0 Å². The summed E-state index contributed by atoms with van der Waals surface area (Å²) in [5, 5.41) is 5.59. The van der Waals surface area contributed by atoms with Crippen LogP contribution in [0.5, 0.6) is 0 Å². The van der Waals surface area contributed by atoms with Gasteiger partial charge >= 0.3 is 12.1 Å². The highest BCUT2D eigenvalue weighted by Crippen LogP contribution is 2.32. The summed E-state index contributed by atoms with van der Waals surface area (Å²) in [6, 6.07) is 18.3. The van der Waals surface area contributed by atoms with Crippen LogP contribution in [0.1, 0.15) is 49.0 Å². The molecule has 4 rings (SSSR count). The van der Waals surface area contributed by atoms with E-state index in [1.165, 1.54) is 12.1 Å². The first-order valence-electron chi connectivity index (χ1n) is 13.9. The molecule has 0 saturated carbocycles. The lowest BCUT2D eigenvalue weighted by Gasteiger charge is -2.33. The van der Waals surface area contributed by atoms with Crippen LogP contribution < -0.4 is 15.5 Å². The summed E-state index contributed by atoms with van der Waals surface area (Å²) < 4.78 is 43.8. The molecule has 7 nitrogen and oxygen atoms in total. The smallest absolute Gasteiger partial charge is 0.416 e. The van der Waals surface area contributed by atoms with Gasteiger partial charge in [0.1, 0.15) is 6.04 Å². The molecule has 2 amide bonds. The molecular formula is C32H34F3N3O4. The van der Waals surface area contributed by atoms with Crippen LogP contribution in [0.4, 0.5) is 24.5 Å². The van der Waals surface area contributed by atoms with Crippen LogP contribution in [-0.2, 0) is 20.5 Å². The van der Waals surface area contributed by atoms with Crippen molar-refractivity contribution >= 4 is 29.2 Å². The normalized spacial score (nSPS) is 14.6. The van der Waals surface area contributed by atoms with Gasteiger partial charge in [-0.2, -0.15) is 13.2 Å². The summed E-state index contributed by atoms with van der Waals surface area (Å²) in [6.45, 7) is 5.15. The maximum Gasteiger partial charge on any atom is 0.416 e. The van der Waals surface area contributed by atoms with E-state index >= 15 is 0 Å². The molecule has 1 aliphatic heterocycles. The standard InChI is InChI=1S/C32H34F3N3O4/c1-3-42-31(41)21(2)36-29(39)20-22-16-18-38(19-17-22)26-14-12-25(13-15-26)37-30(40)28-7-5-4-6-27(28)23-8-10-24(11-9-23)32(33,34)35/h4-15,21-22H,3,16-20H2,1-2H3,(H,36,39)(H,37,40)/t21-/m1/s1. The number of alkyl halides is 3. The topological polar surface area (TPSA) is 87.7 Å². The fourth-order valence-electron chi connectivity index (χ4n) is 5.01. The highest BCUT2D eigenvalue weighted by Gasteiger charge is 2.30. The van der Waals surface area contributed by atoms with E-state index < -0.39 is 23.8 Å². The summed E-state index contributed by atoms with van der Waals surface area (Å²) in [7, 11) is 0. The number of benzene rings is 3. The summed E-state index contributed by atoms with van der Waals surface area (Å²) in [4.78, 5) is 39.4. The van der Waals surface area contributed by atoms with Crippen LogP contribution in [0, 0.1) is 5.92 Å². The van der Waals surface area contributed by atoms with Crippen molar-refractivity contribution in [1.29, 1.82) is 0 Å². The van der Waals surface area contributed by atoms with E-state index in [0.717, 1.165) is 43.8 Å². The molecule has 10 heteroatoms. The molecule has 222 valence electrons. The van der Waals surface area contributed by atoms with Crippen LogP contribution in [0.25, 0.3) is 11.1 Å². The van der Waals surface area contributed by atoms with Gasteiger partial charge < -0.3 is 20.3 Å². The molecule has 0 spiro atoms. The number of hydrogen-bond acceptors (Lipinski definition) is 5. The van der Waals surface area contributed by atoms with Crippen molar-refractivity contribution in [3.63, 3.8) is 0 Å². The highest BCUT2D eigenvalue weighted by atomic mass is 19.4. The molecule has 0 bridgehead atoms. The van der Waals surface area contributed by atoms with Gasteiger partial charge in [-0.05, 0) is 86.2 Å². The number of hydrogen-bond donors (Lipinski definition) is 2. The van der Waals surface area contributed by atoms with Gasteiger partial charge in [0.2, 0.25) is 5.91 Å². The van der Waals surface area contributed by atoms with Crippen molar-refractivity contribution in [2.24, 2.45) is 5.92 Å². The Labute approximate surface area is 243 Å². The van der Waals surface area contributed by atoms with Crippen LogP contribution in [-0.4, -0.2) is 43.5 Å². The lowest BCUT2D eigenvalue weighted by Crippen LogP contribution is -2.41. The summed E-state index contributed by atoms with van der Waals surface area (Å²) in [6.07, 6.45) is -2.41. The highest BCUT2D eigenvalue weighted by molar-refractivity contribution is 6.08. The molecule has 1 aliphatic rings. The summed E-state index contributed by atoms with van der Waals surface area (Å²) in [5.74, 6) is -0.744. The van der Waals surface area contributed by atoms with Gasteiger partial charge in [-0.3, -0.25) is 9.59 Å². The third-order valence-corrected chi connectivity index (χ3v) is 7.29. The Kier molecular flexibility index (Phi) is 9.88. The van der Waals surface area contributed by atoms with Gasteiger partial charge in [-0.25, -0.2) is 4.79 Å². The second-order valence-corrected chi connectivity index (χ2v) is 10.3. The quantitative estimate of drug-likeness (QED) is 0.290. The van der Waals surface area contributed by atoms with Crippen LogP contribution in [0.15, 0.2) is 72.8 Å². The van der Waals surface area contributed by atoms with Gasteiger partial charge in [-0.1, -0.05) is 30.3 Å². The first kappa shape index (κ1) is 30.6. The molecule has 1 fully saturated rings. The predicted molar refractivity (Wildman–Crippen MR) is 155 cm³/mol. The lowest BCUT2D eigenvalue weighted by molar-refractivity contribution is -0.147. The van der Waals surface area contributed by atoms with Gasteiger partial charge in [0, 0.05) is 36.4 Å². The minimum absolute atomic E-state index is 0.158. The molecule has 0 aliphatic carbocycles. The molecule has 1 saturated heterocycles. The zero-order chi connectivity index (χ0) is 30.3. The summed E-state index contributed by atoms with van der Waals surface area (Å²) in [5.41, 5.74) is 2.24. The molecule has 1 atom stereocenters. The third kappa shape index (κ3) is 7.90. The zero-order valence-corrected chi connectivity index (χ0v) is 23.5. The predicted octanol–water partition coefficient (Wildman–Crippen LogP) is 6.30. The number of esters is 1. The minimum atomic E-state index is -4.43. The Bertz CT molecular complexity index is 1380. The maximum absolute atomic E-state index is 13.1. The Morgan fingerprint density at radius 3 is 2.21 bits per heavy atom. The number of nitrogens with one attached hydrogen (secondary N) is 2. The second-order valence-electron chi connectivity index (χ2n) is 10.3. The van der Waals surface area contributed by atoms with E-state index in [1.54, 1.807) is 38.1 Å². The second kappa shape index (κ2) is 13.5. The van der Waals surface area contributed by atoms with Gasteiger partial charge in [0.15, 0.2) is 0 Å². The Morgan fingerprint density at radius 1 is 0.952 bits per heavy atom. The fraction of sp³-hybridized carbons (Fsp3) is 0.344. The first-order chi connectivity index (χ1) is 20.0. The number of carbonyl (C=O) groups excluding carboxylic acids is 3. The zero-order valence-electron chi connectivity index (χ0n) is 23.5. The van der Waals surface area contributed by atoms with Crippen molar-refractivity contribution in [1.82, 2.24) is 5.32 Å². The Hall–Kier alpha value is -4.34. The minimum Gasteiger partial charge on any atom is -0.464 e. The van der Waals surface area contributed by atoms with Crippen LogP contribution in [0.3, 0.4) is 0 Å². The monoisotopic (exact) mass is 581 g/mol. The molecule has 3 aromatic rings. The van der Waals surface area contributed by atoms with E-state index in [0.29, 0.717) is 28.8 Å². The number of halogens is 3. The molecule has 0 aromatic heterocycles. The largest absolute Gasteiger partial charge is 0.464 e. The van der Waals surface area contributed by atoms with Crippen molar-refractivity contribution in [2.75, 3.05) is 29.9 Å². The molecule has 2 N–H and O–H groups in total. The van der Waals surface area contributed by atoms with Gasteiger partial charge in [0.05, 0.1) is 12.2 Å². The van der Waals surface area contributed by atoms with E-state index in [-0.39, 0.29) is 24.3 Å². The maximum atomic E-state index is 13.1. The lowest BCUT2D eigenvalue weighted by atomic mass is 9.92. The van der Waals surface area contributed by atoms with E-state index in [4.69, 9.17) is 4.74 Å². The average molecular weight is 582 g/mol. The molecule has 42 heavy (non-hydrogen) atoms. The van der Waals surface area contributed by atoms with E-state index in [1.807, 2.05) is 24.3 Å². The van der Waals surface area contributed by atoms with Crippen LogP contribution in [0.2, 0.25) is 0 Å². The number of anilines is 2. The van der Waals surface area contributed by atoms with Crippen molar-refractivity contribution in [3.05, 3.63) is 83.9 Å². The Morgan fingerprint density at radius 2 is 1.60 bits per heavy atom. The molecular weight excluding hydrogens is 547 g/mol. The molecule has 0 unspecified atom stereocenters. The average Bonchev–Trinajstić information content (AvgIpc) is 2.97. The number of nitrogens with zero attached hydrogens (tertiary/aromatic N) is 1. The number of ether oxygens (including phenoxy) is 1. The first-order valence-corrected chi connectivity index (χ1v) is 13.9. The van der Waals surface area contributed by atoms with Crippen molar-refractivity contribution in [2.45, 2.75) is 45.3 Å². The fourth-order valence-corrected chi connectivity index (χ4v) is 5.01. The van der Waals surface area contributed by atoms with Gasteiger partial charge in [0.25, 0.3) is 5.91 Å². The van der Waals surface area contributed by atoms with Crippen molar-refractivity contribution < 1.29 is 32.3 Å². The molecule has 3 aromatic carbocycles. The van der Waals surface area contributed by atoms with E-state index in [2.05, 4.69) is 15.5 Å². The Balaban J connectivity index is 1.31. The number of rotatable bonds is 9. The number of amides is 2. The molecule has 0 radical (unpaired) electrons. The summed E-state index contributed by atoms with van der Waals surface area (Å²) >= 11 is 0. The molecule has 1 heterocycles. The number of piperidine rings is 1. The van der Waals surface area contributed by atoms with Crippen molar-refractivity contribution in [3.8, 4) is 11.1 Å². The number of carbonyl (C=O) groups is 3. The third-order valence-electron chi connectivity index (χ3n) is 7.29. The van der Waals surface area contributed by atoms with Crippen LogP contribution >= 0.6 is 0 Å². The van der Waals surface area contributed by atoms with E-state index in [9.17, 15) is 27.6 Å². The SMILES string of the molecule is CCOC(=O)[C@@H](C)NC(=O)CC1CCN(c2ccc(NC(=O)c3ccccc3-c3ccc(C(F)(F)F)cc3)cc2)CC1.